The molecule has 2 aromatic carbocycles. The molecule has 0 radical (unpaired) electrons. The summed E-state index contributed by atoms with van der Waals surface area (Å²) in [5, 5.41) is 23.7. The number of rotatable bonds is 5. The molecular weight excluding hydrogens is 344 g/mol. The Labute approximate surface area is 159 Å². The highest BCUT2D eigenvalue weighted by Crippen LogP contribution is 2.11. The summed E-state index contributed by atoms with van der Waals surface area (Å²) in [6.07, 6.45) is 1.02. The van der Waals surface area contributed by atoms with Crippen LogP contribution in [0, 0.1) is 5.92 Å². The molecule has 0 unspecified atom stereocenters. The fourth-order valence-electron chi connectivity index (χ4n) is 2.80. The number of aliphatic hydroxyl groups excluding tert-OH is 1. The number of hydrogen-bond donors (Lipinski definition) is 4. The number of aliphatic hydroxyl groups is 1. The van der Waals surface area contributed by atoms with Gasteiger partial charge in [0.2, 0.25) is 0 Å². The van der Waals surface area contributed by atoms with Crippen LogP contribution in [0.1, 0.15) is 34.9 Å². The van der Waals surface area contributed by atoms with Crippen LogP contribution >= 0.6 is 0 Å². The molecule has 0 aromatic heterocycles. The van der Waals surface area contributed by atoms with Crippen molar-refractivity contribution in [2.75, 3.05) is 19.6 Å². The van der Waals surface area contributed by atoms with E-state index < -0.39 is 12.1 Å². The van der Waals surface area contributed by atoms with Crippen molar-refractivity contribution in [3.8, 4) is 0 Å². The van der Waals surface area contributed by atoms with Gasteiger partial charge in [-0.2, -0.15) is 0 Å². The lowest BCUT2D eigenvalue weighted by Crippen LogP contribution is -2.38. The second-order valence-corrected chi connectivity index (χ2v) is 6.44. The Morgan fingerprint density at radius 3 is 2.26 bits per heavy atom. The highest BCUT2D eigenvalue weighted by molar-refractivity contribution is 5.94. The minimum Gasteiger partial charge on any atom is -0.479 e. The third-order valence-electron chi connectivity index (χ3n) is 4.34. The van der Waals surface area contributed by atoms with Gasteiger partial charge in [-0.3, -0.25) is 4.79 Å². The average molecular weight is 370 g/mol. The Morgan fingerprint density at radius 1 is 1.07 bits per heavy atom. The van der Waals surface area contributed by atoms with E-state index >= 15 is 0 Å². The van der Waals surface area contributed by atoms with Gasteiger partial charge in [-0.15, -0.1) is 0 Å². The molecule has 6 heteroatoms. The number of benzene rings is 2. The fourth-order valence-corrected chi connectivity index (χ4v) is 2.80. The van der Waals surface area contributed by atoms with Crippen LogP contribution in [0.25, 0.3) is 0 Å². The Morgan fingerprint density at radius 2 is 1.70 bits per heavy atom. The van der Waals surface area contributed by atoms with Crippen LogP contribution in [-0.4, -0.2) is 41.7 Å². The average Bonchev–Trinajstić information content (AvgIpc) is 2.74. The normalized spacial score (nSPS) is 17.1. The van der Waals surface area contributed by atoms with Gasteiger partial charge >= 0.3 is 5.97 Å². The van der Waals surface area contributed by atoms with Crippen LogP contribution in [0.15, 0.2) is 60.7 Å². The van der Waals surface area contributed by atoms with Crippen molar-refractivity contribution >= 4 is 11.9 Å². The molecule has 1 fully saturated rings. The SMILES string of the molecule is O=C(NC[C@H]1CCCNC1)c1ccccc1.O=C(O)[C@@H](O)c1ccccc1. The van der Waals surface area contributed by atoms with Crippen LogP contribution in [-0.2, 0) is 4.79 Å². The van der Waals surface area contributed by atoms with Gasteiger partial charge in [0.1, 0.15) is 0 Å². The first-order valence-electron chi connectivity index (χ1n) is 9.07. The maximum absolute atomic E-state index is 11.8. The highest BCUT2D eigenvalue weighted by Gasteiger charge is 2.14. The molecule has 0 spiro atoms. The number of carboxylic acids is 1. The van der Waals surface area contributed by atoms with E-state index in [1.807, 2.05) is 30.3 Å². The third kappa shape index (κ3) is 7.21. The first kappa shape index (κ1) is 20.6. The van der Waals surface area contributed by atoms with Crippen LogP contribution < -0.4 is 10.6 Å². The Bertz CT molecular complexity index is 701. The molecule has 2 aromatic rings. The van der Waals surface area contributed by atoms with Crippen LogP contribution in [0.4, 0.5) is 0 Å². The number of hydrogen-bond acceptors (Lipinski definition) is 4. The van der Waals surface area contributed by atoms with Crippen molar-refractivity contribution in [2.45, 2.75) is 18.9 Å². The van der Waals surface area contributed by atoms with Crippen molar-refractivity contribution in [3.05, 3.63) is 71.8 Å². The predicted molar refractivity (Wildman–Crippen MR) is 103 cm³/mol. The second-order valence-electron chi connectivity index (χ2n) is 6.44. The zero-order chi connectivity index (χ0) is 19.5. The number of aliphatic carboxylic acids is 1. The molecule has 0 aliphatic carbocycles. The molecule has 6 nitrogen and oxygen atoms in total. The lowest BCUT2D eigenvalue weighted by molar-refractivity contribution is -0.146. The van der Waals surface area contributed by atoms with Gasteiger partial charge in [0.15, 0.2) is 6.10 Å². The molecule has 4 N–H and O–H groups in total. The summed E-state index contributed by atoms with van der Waals surface area (Å²) in [6, 6.07) is 17.6. The molecule has 1 aliphatic heterocycles. The van der Waals surface area contributed by atoms with Gasteiger partial charge in [-0.25, -0.2) is 4.79 Å². The molecule has 1 heterocycles. The standard InChI is InChI=1S/C13H18N2O.C8H8O3/c16-13(12-6-2-1-3-7-12)15-10-11-5-4-8-14-9-11;9-7(8(10)11)6-4-2-1-3-5-6/h1-3,6-7,11,14H,4-5,8-10H2,(H,15,16);1-5,7,9H,(H,10,11)/t11-;7-/m00/s1. The van der Waals surface area contributed by atoms with Crippen molar-refractivity contribution in [1.82, 2.24) is 10.6 Å². The first-order valence-corrected chi connectivity index (χ1v) is 9.07. The molecule has 2 atom stereocenters. The van der Waals surface area contributed by atoms with Crippen molar-refractivity contribution in [3.63, 3.8) is 0 Å². The summed E-state index contributed by atoms with van der Waals surface area (Å²) in [5.41, 5.74) is 1.14. The van der Waals surface area contributed by atoms with E-state index in [4.69, 9.17) is 10.2 Å². The summed E-state index contributed by atoms with van der Waals surface area (Å²) in [6.45, 7) is 2.92. The van der Waals surface area contributed by atoms with Crippen molar-refractivity contribution < 1.29 is 19.8 Å². The number of carboxylic acid groups (broad SMARTS) is 1. The number of nitrogens with one attached hydrogen (secondary N) is 2. The summed E-state index contributed by atoms with van der Waals surface area (Å²) in [5.74, 6) is -0.608. The van der Waals surface area contributed by atoms with E-state index in [0.717, 1.165) is 25.2 Å². The monoisotopic (exact) mass is 370 g/mol. The molecular formula is C21H26N2O4. The Balaban J connectivity index is 0.000000208. The molecule has 0 bridgehead atoms. The Kier molecular flexibility index (Phi) is 8.48. The Hall–Kier alpha value is -2.70. The quantitative estimate of drug-likeness (QED) is 0.647. The van der Waals surface area contributed by atoms with E-state index in [2.05, 4.69) is 10.6 Å². The smallest absolute Gasteiger partial charge is 0.337 e. The van der Waals surface area contributed by atoms with Gasteiger partial charge in [-0.1, -0.05) is 48.5 Å². The van der Waals surface area contributed by atoms with Crippen LogP contribution in [0.5, 0.6) is 0 Å². The number of carbonyl (C=O) groups excluding carboxylic acids is 1. The number of amides is 1. The largest absolute Gasteiger partial charge is 0.479 e. The first-order chi connectivity index (χ1) is 13.1. The summed E-state index contributed by atoms with van der Waals surface area (Å²) in [4.78, 5) is 22.0. The van der Waals surface area contributed by atoms with E-state index in [0.29, 0.717) is 11.5 Å². The summed E-state index contributed by atoms with van der Waals surface area (Å²) in [7, 11) is 0. The zero-order valence-electron chi connectivity index (χ0n) is 15.2. The summed E-state index contributed by atoms with van der Waals surface area (Å²) < 4.78 is 0. The highest BCUT2D eigenvalue weighted by atomic mass is 16.4. The maximum Gasteiger partial charge on any atom is 0.337 e. The van der Waals surface area contributed by atoms with Gasteiger partial charge in [-0.05, 0) is 49.5 Å². The van der Waals surface area contributed by atoms with Gasteiger partial charge in [0.05, 0.1) is 0 Å². The lowest BCUT2D eigenvalue weighted by atomic mass is 10.00. The fraction of sp³-hybridized carbons (Fsp3) is 0.333. The van der Waals surface area contributed by atoms with Crippen LogP contribution in [0.3, 0.4) is 0 Å². The molecule has 144 valence electrons. The molecule has 1 amide bonds. The van der Waals surface area contributed by atoms with Gasteiger partial charge in [0.25, 0.3) is 5.91 Å². The topological polar surface area (TPSA) is 98.7 Å². The van der Waals surface area contributed by atoms with Gasteiger partial charge < -0.3 is 20.8 Å². The molecule has 0 saturated carbocycles. The summed E-state index contributed by atoms with van der Waals surface area (Å²) >= 11 is 0. The van der Waals surface area contributed by atoms with E-state index in [9.17, 15) is 9.59 Å². The number of carbonyl (C=O) groups is 2. The van der Waals surface area contributed by atoms with E-state index in [1.165, 1.54) is 12.8 Å². The predicted octanol–water partition coefficient (Wildman–Crippen LogP) is 2.22. The van der Waals surface area contributed by atoms with Crippen molar-refractivity contribution in [2.24, 2.45) is 5.92 Å². The zero-order valence-corrected chi connectivity index (χ0v) is 15.2. The number of piperidine rings is 1. The maximum atomic E-state index is 11.8. The lowest BCUT2D eigenvalue weighted by Gasteiger charge is -2.22. The van der Waals surface area contributed by atoms with Crippen LogP contribution in [0.2, 0.25) is 0 Å². The minimum absolute atomic E-state index is 0.0335. The molecule has 1 aliphatic rings. The van der Waals surface area contributed by atoms with Crippen molar-refractivity contribution in [1.29, 1.82) is 0 Å². The molecule has 27 heavy (non-hydrogen) atoms. The van der Waals surface area contributed by atoms with E-state index in [-0.39, 0.29) is 5.91 Å². The molecule has 1 saturated heterocycles. The second kappa shape index (κ2) is 11.1. The van der Waals surface area contributed by atoms with E-state index in [1.54, 1.807) is 30.3 Å². The third-order valence-corrected chi connectivity index (χ3v) is 4.34. The molecule has 3 rings (SSSR count). The minimum atomic E-state index is -1.41. The van der Waals surface area contributed by atoms with Gasteiger partial charge in [0, 0.05) is 12.1 Å².